The van der Waals surface area contributed by atoms with Crippen LogP contribution in [0.1, 0.15) is 50.9 Å². The predicted molar refractivity (Wildman–Crippen MR) is 56.0 cm³/mol. The lowest BCUT2D eigenvalue weighted by atomic mass is 9.85. The zero-order valence-corrected chi connectivity index (χ0v) is 9.06. The Morgan fingerprint density at radius 1 is 1.47 bits per heavy atom. The van der Waals surface area contributed by atoms with E-state index in [1.54, 1.807) is 6.33 Å². The molecule has 4 nitrogen and oxygen atoms in total. The highest BCUT2D eigenvalue weighted by Gasteiger charge is 2.21. The van der Waals surface area contributed by atoms with E-state index in [-0.39, 0.29) is 5.82 Å². The maximum absolute atomic E-state index is 8.64. The Morgan fingerprint density at radius 3 is 2.73 bits per heavy atom. The summed E-state index contributed by atoms with van der Waals surface area (Å²) in [6, 6.07) is 2.42. The third-order valence-corrected chi connectivity index (χ3v) is 3.38. The second-order valence-corrected chi connectivity index (χ2v) is 4.24. The van der Waals surface area contributed by atoms with Gasteiger partial charge in [-0.15, -0.1) is 5.10 Å². The van der Waals surface area contributed by atoms with Crippen LogP contribution >= 0.6 is 0 Å². The molecule has 0 amide bonds. The molecular weight excluding hydrogens is 188 g/mol. The summed E-state index contributed by atoms with van der Waals surface area (Å²) in [5.74, 6) is 1.17. The molecule has 1 aliphatic carbocycles. The number of nitriles is 1. The Bertz CT molecular complexity index is 355. The number of hydrogen-bond acceptors (Lipinski definition) is 3. The first kappa shape index (κ1) is 10.2. The summed E-state index contributed by atoms with van der Waals surface area (Å²) in [5.41, 5.74) is 0. The van der Waals surface area contributed by atoms with E-state index in [4.69, 9.17) is 5.26 Å². The van der Waals surface area contributed by atoms with Crippen molar-refractivity contribution in [3.8, 4) is 6.07 Å². The first-order valence-corrected chi connectivity index (χ1v) is 5.64. The van der Waals surface area contributed by atoms with E-state index >= 15 is 0 Å². The van der Waals surface area contributed by atoms with Crippen LogP contribution < -0.4 is 0 Å². The van der Waals surface area contributed by atoms with Gasteiger partial charge in [0.05, 0.1) is 6.04 Å². The molecule has 0 bridgehead atoms. The van der Waals surface area contributed by atoms with Crippen LogP contribution in [0.25, 0.3) is 0 Å². The molecule has 0 radical (unpaired) electrons. The number of rotatable bonds is 2. The molecule has 0 aliphatic heterocycles. The molecule has 1 heterocycles. The quantitative estimate of drug-likeness (QED) is 0.742. The topological polar surface area (TPSA) is 54.5 Å². The summed E-state index contributed by atoms with van der Waals surface area (Å²) in [5, 5.41) is 12.8. The van der Waals surface area contributed by atoms with Crippen LogP contribution in [-0.4, -0.2) is 14.8 Å². The SMILES string of the molecule is CCC1CCC(n2cnc(C#N)n2)CC1. The lowest BCUT2D eigenvalue weighted by molar-refractivity contribution is 0.256. The molecule has 0 spiro atoms. The smallest absolute Gasteiger partial charge is 0.249 e. The molecule has 4 heteroatoms. The molecule has 0 unspecified atom stereocenters. The van der Waals surface area contributed by atoms with Gasteiger partial charge in [0.15, 0.2) is 0 Å². The van der Waals surface area contributed by atoms with Gasteiger partial charge in [-0.05, 0) is 31.6 Å². The second-order valence-electron chi connectivity index (χ2n) is 4.24. The minimum Gasteiger partial charge on any atom is -0.249 e. The summed E-state index contributed by atoms with van der Waals surface area (Å²) in [4.78, 5) is 3.94. The van der Waals surface area contributed by atoms with Gasteiger partial charge in [-0.25, -0.2) is 9.67 Å². The molecule has 1 saturated carbocycles. The Morgan fingerprint density at radius 2 is 2.20 bits per heavy atom. The molecule has 80 valence electrons. The predicted octanol–water partition coefficient (Wildman–Crippen LogP) is 2.29. The van der Waals surface area contributed by atoms with Gasteiger partial charge in [0.1, 0.15) is 12.4 Å². The molecule has 0 aromatic carbocycles. The molecule has 1 fully saturated rings. The van der Waals surface area contributed by atoms with Gasteiger partial charge < -0.3 is 0 Å². The minimum atomic E-state index is 0.285. The molecule has 1 aromatic heterocycles. The number of hydrogen-bond donors (Lipinski definition) is 0. The maximum Gasteiger partial charge on any atom is 0.252 e. The van der Waals surface area contributed by atoms with Crippen molar-refractivity contribution in [2.75, 3.05) is 0 Å². The zero-order chi connectivity index (χ0) is 10.7. The van der Waals surface area contributed by atoms with Crippen molar-refractivity contribution < 1.29 is 0 Å². The van der Waals surface area contributed by atoms with Crippen molar-refractivity contribution >= 4 is 0 Å². The Labute approximate surface area is 89.9 Å². The van der Waals surface area contributed by atoms with E-state index < -0.39 is 0 Å². The third-order valence-electron chi connectivity index (χ3n) is 3.38. The Hall–Kier alpha value is -1.37. The highest BCUT2D eigenvalue weighted by molar-refractivity contribution is 5.05. The average Bonchev–Trinajstić information content (AvgIpc) is 2.78. The normalized spacial score (nSPS) is 26.1. The maximum atomic E-state index is 8.64. The lowest BCUT2D eigenvalue weighted by Gasteiger charge is -2.27. The van der Waals surface area contributed by atoms with E-state index in [0.717, 1.165) is 5.92 Å². The average molecular weight is 204 g/mol. The molecule has 0 saturated heterocycles. The van der Waals surface area contributed by atoms with Crippen LogP contribution in [-0.2, 0) is 0 Å². The van der Waals surface area contributed by atoms with Crippen LogP contribution in [0.2, 0.25) is 0 Å². The summed E-state index contributed by atoms with van der Waals surface area (Å²) in [6.45, 7) is 2.26. The second kappa shape index (κ2) is 4.43. The van der Waals surface area contributed by atoms with Crippen LogP contribution in [0.15, 0.2) is 6.33 Å². The molecule has 2 rings (SSSR count). The fourth-order valence-corrected chi connectivity index (χ4v) is 2.32. The van der Waals surface area contributed by atoms with E-state index in [0.29, 0.717) is 6.04 Å². The standard InChI is InChI=1S/C11H16N4/c1-2-9-3-5-10(6-4-9)15-8-13-11(7-12)14-15/h8-10H,2-6H2,1H3. The fraction of sp³-hybridized carbons (Fsp3) is 0.727. The molecule has 1 aromatic rings. The Kier molecular flexibility index (Phi) is 3.00. The van der Waals surface area contributed by atoms with Crippen molar-refractivity contribution in [1.29, 1.82) is 5.26 Å². The lowest BCUT2D eigenvalue weighted by Crippen LogP contribution is -2.18. The largest absolute Gasteiger partial charge is 0.252 e. The van der Waals surface area contributed by atoms with Gasteiger partial charge in [0, 0.05) is 0 Å². The first-order chi connectivity index (χ1) is 7.33. The van der Waals surface area contributed by atoms with Crippen molar-refractivity contribution in [1.82, 2.24) is 14.8 Å². The molecule has 15 heavy (non-hydrogen) atoms. The van der Waals surface area contributed by atoms with Gasteiger partial charge in [-0.1, -0.05) is 13.3 Å². The van der Waals surface area contributed by atoms with Crippen molar-refractivity contribution in [3.63, 3.8) is 0 Å². The van der Waals surface area contributed by atoms with Gasteiger partial charge >= 0.3 is 0 Å². The van der Waals surface area contributed by atoms with Crippen molar-refractivity contribution in [2.24, 2.45) is 5.92 Å². The molecular formula is C11H16N4. The number of aromatic nitrogens is 3. The summed E-state index contributed by atoms with van der Waals surface area (Å²) < 4.78 is 1.87. The van der Waals surface area contributed by atoms with Crippen LogP contribution in [0.4, 0.5) is 0 Å². The monoisotopic (exact) mass is 204 g/mol. The third kappa shape index (κ3) is 2.17. The zero-order valence-electron chi connectivity index (χ0n) is 9.06. The molecule has 0 atom stereocenters. The molecule has 0 N–H and O–H groups in total. The highest BCUT2D eigenvalue weighted by Crippen LogP contribution is 2.32. The van der Waals surface area contributed by atoms with Gasteiger partial charge in [-0.3, -0.25) is 0 Å². The minimum absolute atomic E-state index is 0.285. The van der Waals surface area contributed by atoms with Crippen LogP contribution in [0.3, 0.4) is 0 Å². The summed E-state index contributed by atoms with van der Waals surface area (Å²) in [6.07, 6.45) is 7.88. The fourth-order valence-electron chi connectivity index (χ4n) is 2.32. The van der Waals surface area contributed by atoms with E-state index in [1.807, 2.05) is 10.8 Å². The molecule has 1 aliphatic rings. The van der Waals surface area contributed by atoms with Crippen LogP contribution in [0.5, 0.6) is 0 Å². The number of nitrogens with zero attached hydrogens (tertiary/aromatic N) is 4. The van der Waals surface area contributed by atoms with E-state index in [9.17, 15) is 0 Å². The van der Waals surface area contributed by atoms with Gasteiger partial charge in [0.25, 0.3) is 5.82 Å². The van der Waals surface area contributed by atoms with Crippen LogP contribution in [0, 0.1) is 17.2 Å². The summed E-state index contributed by atoms with van der Waals surface area (Å²) >= 11 is 0. The van der Waals surface area contributed by atoms with Gasteiger partial charge in [-0.2, -0.15) is 5.26 Å². The Balaban J connectivity index is 1.98. The van der Waals surface area contributed by atoms with Gasteiger partial charge in [0.2, 0.25) is 0 Å². The summed E-state index contributed by atoms with van der Waals surface area (Å²) in [7, 11) is 0. The van der Waals surface area contributed by atoms with E-state index in [1.165, 1.54) is 32.1 Å². The van der Waals surface area contributed by atoms with Crippen molar-refractivity contribution in [2.45, 2.75) is 45.1 Å². The highest BCUT2D eigenvalue weighted by atomic mass is 15.3. The van der Waals surface area contributed by atoms with E-state index in [2.05, 4.69) is 17.0 Å². The first-order valence-electron chi connectivity index (χ1n) is 5.64. The van der Waals surface area contributed by atoms with Crippen molar-refractivity contribution in [3.05, 3.63) is 12.2 Å².